The van der Waals surface area contributed by atoms with Crippen molar-refractivity contribution < 1.29 is 9.84 Å². The third-order valence-electron chi connectivity index (χ3n) is 2.00. The first-order valence-corrected chi connectivity index (χ1v) is 6.00. The number of nitrogens with zero attached hydrogens (tertiary/aromatic N) is 1. The molecule has 0 heterocycles. The second kappa shape index (κ2) is 7.03. The van der Waals surface area contributed by atoms with Crippen molar-refractivity contribution in [1.82, 2.24) is 10.7 Å². The monoisotopic (exact) mass is 287 g/mol. The molecule has 0 saturated heterocycles. The number of aromatic hydroxyl groups is 1. The summed E-state index contributed by atoms with van der Waals surface area (Å²) in [5.41, 5.74) is 3.05. The first-order chi connectivity index (χ1) is 8.58. The fourth-order valence-corrected chi connectivity index (χ4v) is 1.62. The van der Waals surface area contributed by atoms with Gasteiger partial charge in [0, 0.05) is 23.2 Å². The molecule has 0 bridgehead atoms. The van der Waals surface area contributed by atoms with Crippen LogP contribution in [0.4, 0.5) is 0 Å². The van der Waals surface area contributed by atoms with Crippen LogP contribution in [-0.4, -0.2) is 30.1 Å². The Morgan fingerprint density at radius 2 is 2.33 bits per heavy atom. The highest BCUT2D eigenvalue weighted by Gasteiger charge is 2.08. The molecule has 0 saturated carbocycles. The number of phenols is 1. The van der Waals surface area contributed by atoms with Crippen molar-refractivity contribution in [3.05, 3.63) is 22.7 Å². The molecule has 1 aromatic rings. The van der Waals surface area contributed by atoms with Crippen LogP contribution in [0.2, 0.25) is 5.02 Å². The first-order valence-electron chi connectivity index (χ1n) is 5.21. The summed E-state index contributed by atoms with van der Waals surface area (Å²) < 4.78 is 4.98. The molecule has 0 unspecified atom stereocenters. The molecule has 0 radical (unpaired) electrons. The van der Waals surface area contributed by atoms with Crippen molar-refractivity contribution in [2.24, 2.45) is 5.10 Å². The summed E-state index contributed by atoms with van der Waals surface area (Å²) in [5.74, 6) is 0.264. The number of benzene rings is 1. The Morgan fingerprint density at radius 1 is 1.61 bits per heavy atom. The molecule has 3 N–H and O–H groups in total. The summed E-state index contributed by atoms with van der Waals surface area (Å²) in [6.45, 7) is 2.63. The minimum Gasteiger partial charge on any atom is -0.504 e. The number of thiocarbonyl (C=S) groups is 1. The molecule has 1 rings (SSSR count). The molecule has 1 aromatic carbocycles. The number of halogens is 1. The van der Waals surface area contributed by atoms with Crippen LogP contribution in [0.15, 0.2) is 17.2 Å². The van der Waals surface area contributed by atoms with Crippen LogP contribution in [0.3, 0.4) is 0 Å². The minimum atomic E-state index is -0.0261. The number of hydrazone groups is 1. The van der Waals surface area contributed by atoms with E-state index in [4.69, 9.17) is 28.6 Å². The number of phenolic OH excluding ortho intramolecular Hbond substituents is 1. The molecule has 0 atom stereocenters. The Kier molecular flexibility index (Phi) is 5.67. The second-order valence-electron chi connectivity index (χ2n) is 3.28. The molecular formula is C11H14ClN3O2S. The van der Waals surface area contributed by atoms with Crippen LogP contribution in [-0.2, 0) is 0 Å². The van der Waals surface area contributed by atoms with Crippen LogP contribution in [0.5, 0.6) is 11.5 Å². The lowest BCUT2D eigenvalue weighted by molar-refractivity contribution is 0.373. The predicted molar refractivity (Wildman–Crippen MR) is 76.7 cm³/mol. The average Bonchev–Trinajstić information content (AvgIpc) is 2.33. The molecule has 18 heavy (non-hydrogen) atoms. The number of ether oxygens (including phenoxy) is 1. The maximum Gasteiger partial charge on any atom is 0.186 e. The molecular weight excluding hydrogens is 274 g/mol. The van der Waals surface area contributed by atoms with E-state index in [1.807, 2.05) is 6.92 Å². The lowest BCUT2D eigenvalue weighted by Gasteiger charge is -2.07. The van der Waals surface area contributed by atoms with Gasteiger partial charge in [0.25, 0.3) is 0 Å². The van der Waals surface area contributed by atoms with Crippen LogP contribution in [0.1, 0.15) is 12.5 Å². The number of methoxy groups -OCH3 is 1. The maximum atomic E-state index is 9.83. The quantitative estimate of drug-likeness (QED) is 0.448. The van der Waals surface area contributed by atoms with E-state index in [1.165, 1.54) is 19.4 Å². The zero-order chi connectivity index (χ0) is 13.5. The van der Waals surface area contributed by atoms with Gasteiger partial charge in [-0.1, -0.05) is 11.6 Å². The summed E-state index contributed by atoms with van der Waals surface area (Å²) in [5, 5.41) is 17.4. The molecule has 5 nitrogen and oxygen atoms in total. The maximum absolute atomic E-state index is 9.83. The van der Waals surface area contributed by atoms with Crippen LogP contribution in [0, 0.1) is 0 Å². The molecule has 7 heteroatoms. The van der Waals surface area contributed by atoms with Gasteiger partial charge in [-0.25, -0.2) is 0 Å². The Balaban J connectivity index is 2.81. The molecule has 0 aromatic heterocycles. The van der Waals surface area contributed by atoms with Crippen molar-refractivity contribution >= 4 is 35.1 Å². The lowest BCUT2D eigenvalue weighted by atomic mass is 10.2. The van der Waals surface area contributed by atoms with Gasteiger partial charge in [-0.3, -0.25) is 5.43 Å². The normalized spacial score (nSPS) is 10.4. The van der Waals surface area contributed by atoms with E-state index in [2.05, 4.69) is 15.8 Å². The van der Waals surface area contributed by atoms with Gasteiger partial charge < -0.3 is 15.2 Å². The first kappa shape index (κ1) is 14.5. The highest BCUT2D eigenvalue weighted by atomic mass is 35.5. The lowest BCUT2D eigenvalue weighted by Crippen LogP contribution is -2.31. The highest BCUT2D eigenvalue weighted by Crippen LogP contribution is 2.32. The van der Waals surface area contributed by atoms with Gasteiger partial charge in [-0.05, 0) is 25.2 Å². The van der Waals surface area contributed by atoms with Gasteiger partial charge >= 0.3 is 0 Å². The Hall–Kier alpha value is -1.53. The zero-order valence-corrected chi connectivity index (χ0v) is 11.6. The number of hydrogen-bond acceptors (Lipinski definition) is 4. The van der Waals surface area contributed by atoms with Gasteiger partial charge in [0.2, 0.25) is 0 Å². The van der Waals surface area contributed by atoms with Crippen molar-refractivity contribution in [3.8, 4) is 11.5 Å². The number of hydrogen-bond donors (Lipinski definition) is 3. The van der Waals surface area contributed by atoms with E-state index in [1.54, 1.807) is 6.07 Å². The van der Waals surface area contributed by atoms with Gasteiger partial charge in [-0.2, -0.15) is 5.10 Å². The zero-order valence-electron chi connectivity index (χ0n) is 10.0. The van der Waals surface area contributed by atoms with Gasteiger partial charge in [0.15, 0.2) is 16.6 Å². The minimum absolute atomic E-state index is 0.0261. The Bertz CT molecular complexity index is 466. The van der Waals surface area contributed by atoms with Gasteiger partial charge in [0.1, 0.15) is 0 Å². The smallest absolute Gasteiger partial charge is 0.186 e. The number of rotatable bonds is 4. The van der Waals surface area contributed by atoms with Crippen LogP contribution < -0.4 is 15.5 Å². The summed E-state index contributed by atoms with van der Waals surface area (Å²) in [6, 6.07) is 3.09. The fourth-order valence-electron chi connectivity index (χ4n) is 1.21. The fraction of sp³-hybridized carbons (Fsp3) is 0.273. The van der Waals surface area contributed by atoms with E-state index >= 15 is 0 Å². The van der Waals surface area contributed by atoms with Crippen molar-refractivity contribution in [1.29, 1.82) is 0 Å². The van der Waals surface area contributed by atoms with Crippen LogP contribution in [0.25, 0.3) is 0 Å². The van der Waals surface area contributed by atoms with Crippen molar-refractivity contribution in [2.45, 2.75) is 6.92 Å². The van der Waals surface area contributed by atoms with E-state index in [0.717, 1.165) is 0 Å². The average molecular weight is 288 g/mol. The largest absolute Gasteiger partial charge is 0.504 e. The Morgan fingerprint density at radius 3 is 2.94 bits per heavy atom. The molecule has 0 aliphatic heterocycles. The third kappa shape index (κ3) is 4.05. The highest BCUT2D eigenvalue weighted by molar-refractivity contribution is 7.80. The van der Waals surface area contributed by atoms with Gasteiger partial charge in [-0.15, -0.1) is 0 Å². The molecule has 0 spiro atoms. The Labute approximate surface area is 116 Å². The van der Waals surface area contributed by atoms with E-state index in [9.17, 15) is 5.11 Å². The SMILES string of the molecule is CCNC(=S)N/N=C/c1cc(Cl)cc(OC)c1O. The van der Waals surface area contributed by atoms with E-state index < -0.39 is 0 Å². The van der Waals surface area contributed by atoms with Crippen LogP contribution >= 0.6 is 23.8 Å². The van der Waals surface area contributed by atoms with E-state index in [-0.39, 0.29) is 5.75 Å². The molecule has 98 valence electrons. The molecule has 0 fully saturated rings. The molecule has 0 aliphatic carbocycles. The third-order valence-corrected chi connectivity index (χ3v) is 2.45. The summed E-state index contributed by atoms with van der Waals surface area (Å²) in [6.07, 6.45) is 1.41. The van der Waals surface area contributed by atoms with Gasteiger partial charge in [0.05, 0.1) is 13.3 Å². The standard InChI is InChI=1S/C11H14ClN3O2S/c1-3-13-11(18)15-14-6-7-4-8(12)5-9(17-2)10(7)16/h4-6,16H,3H2,1-2H3,(H2,13,15,18)/b14-6+. The van der Waals surface area contributed by atoms with Crippen molar-refractivity contribution in [2.75, 3.05) is 13.7 Å². The molecule has 0 amide bonds. The number of nitrogens with one attached hydrogen (secondary N) is 2. The second-order valence-corrected chi connectivity index (χ2v) is 4.12. The summed E-state index contributed by atoms with van der Waals surface area (Å²) in [7, 11) is 1.45. The van der Waals surface area contributed by atoms with E-state index in [0.29, 0.717) is 28.0 Å². The predicted octanol–water partition coefficient (Wildman–Crippen LogP) is 1.87. The topological polar surface area (TPSA) is 65.9 Å². The van der Waals surface area contributed by atoms with Crippen molar-refractivity contribution in [3.63, 3.8) is 0 Å². The molecule has 0 aliphatic rings. The summed E-state index contributed by atoms with van der Waals surface area (Å²) >= 11 is 10.8. The summed E-state index contributed by atoms with van der Waals surface area (Å²) in [4.78, 5) is 0.